The third-order valence-electron chi connectivity index (χ3n) is 2.45. The fourth-order valence-electron chi connectivity index (χ4n) is 1.62. The van der Waals surface area contributed by atoms with Crippen molar-refractivity contribution in [1.82, 2.24) is 4.90 Å². The molecular weight excluding hydrogens is 329 g/mol. The van der Waals surface area contributed by atoms with Crippen molar-refractivity contribution in [2.24, 2.45) is 5.92 Å². The third kappa shape index (κ3) is 3.87. The molecule has 0 bridgehead atoms. The van der Waals surface area contributed by atoms with Gasteiger partial charge >= 0.3 is 0 Å². The Bertz CT molecular complexity index is 404. The third-order valence-corrected chi connectivity index (χ3v) is 3.36. The van der Waals surface area contributed by atoms with Gasteiger partial charge in [0.2, 0.25) is 0 Å². The molecule has 3 nitrogen and oxygen atoms in total. The van der Waals surface area contributed by atoms with Gasteiger partial charge in [0.05, 0.1) is 3.57 Å². The Hall–Kier alpha value is -0.780. The molecule has 1 aromatic rings. The molecule has 1 amide bonds. The zero-order valence-corrected chi connectivity index (χ0v) is 12.6. The molecule has 1 aromatic carbocycles. The number of carbonyl (C=O) groups excluding carboxylic acids is 1. The van der Waals surface area contributed by atoms with Crippen molar-refractivity contribution in [3.63, 3.8) is 0 Å². The fourth-order valence-corrected chi connectivity index (χ4v) is 1.96. The van der Waals surface area contributed by atoms with Crippen LogP contribution in [-0.2, 0) is 0 Å². The Kier molecular flexibility index (Phi) is 5.24. The summed E-state index contributed by atoms with van der Waals surface area (Å²) < 4.78 is 0.756. The van der Waals surface area contributed by atoms with E-state index >= 15 is 0 Å². The maximum atomic E-state index is 12.2. The molecule has 0 atom stereocenters. The van der Waals surface area contributed by atoms with Gasteiger partial charge in [-0.1, -0.05) is 13.8 Å². The molecule has 0 radical (unpaired) electrons. The van der Waals surface area contributed by atoms with E-state index in [4.69, 9.17) is 0 Å². The van der Waals surface area contributed by atoms with Crippen LogP contribution in [0.3, 0.4) is 0 Å². The first-order valence-corrected chi connectivity index (χ1v) is 6.81. The van der Waals surface area contributed by atoms with Gasteiger partial charge in [0.25, 0.3) is 5.91 Å². The first kappa shape index (κ1) is 14.3. The second-order valence-corrected chi connectivity index (χ2v) is 5.57. The Morgan fingerprint density at radius 3 is 2.59 bits per heavy atom. The lowest BCUT2D eigenvalue weighted by molar-refractivity contribution is 0.0745. The number of aromatic hydroxyl groups is 1. The maximum Gasteiger partial charge on any atom is 0.253 e. The maximum absolute atomic E-state index is 12.2. The molecule has 0 saturated heterocycles. The van der Waals surface area contributed by atoms with Gasteiger partial charge in [-0.15, -0.1) is 0 Å². The summed E-state index contributed by atoms with van der Waals surface area (Å²) in [6.45, 7) is 7.56. The lowest BCUT2D eigenvalue weighted by Gasteiger charge is -2.23. The standard InChI is InChI=1S/C13H18INO2/c1-4-15(8-9(2)3)13(17)10-5-6-11(14)12(16)7-10/h5-7,9,16H,4,8H2,1-3H3. The average Bonchev–Trinajstić information content (AvgIpc) is 2.28. The highest BCUT2D eigenvalue weighted by molar-refractivity contribution is 14.1. The molecule has 0 aliphatic heterocycles. The van der Waals surface area contributed by atoms with Crippen molar-refractivity contribution in [2.45, 2.75) is 20.8 Å². The Morgan fingerprint density at radius 1 is 1.47 bits per heavy atom. The van der Waals surface area contributed by atoms with Crippen LogP contribution in [0.2, 0.25) is 0 Å². The van der Waals surface area contributed by atoms with Crippen molar-refractivity contribution < 1.29 is 9.90 Å². The minimum atomic E-state index is -0.0205. The van der Waals surface area contributed by atoms with Crippen LogP contribution in [0.15, 0.2) is 18.2 Å². The summed E-state index contributed by atoms with van der Waals surface area (Å²) in [5.74, 6) is 0.585. The van der Waals surface area contributed by atoms with Gasteiger partial charge in [-0.25, -0.2) is 0 Å². The zero-order chi connectivity index (χ0) is 13.0. The lowest BCUT2D eigenvalue weighted by Crippen LogP contribution is -2.33. The molecule has 0 saturated carbocycles. The fraction of sp³-hybridized carbons (Fsp3) is 0.462. The molecule has 4 heteroatoms. The number of amides is 1. The molecule has 0 aromatic heterocycles. The second kappa shape index (κ2) is 6.23. The van der Waals surface area contributed by atoms with Crippen LogP contribution in [0, 0.1) is 9.49 Å². The van der Waals surface area contributed by atoms with Crippen LogP contribution >= 0.6 is 22.6 Å². The number of hydrogen-bond donors (Lipinski definition) is 1. The monoisotopic (exact) mass is 347 g/mol. The van der Waals surface area contributed by atoms with Crippen molar-refractivity contribution in [3.05, 3.63) is 27.3 Å². The summed E-state index contributed by atoms with van der Waals surface area (Å²) in [5, 5.41) is 9.61. The lowest BCUT2D eigenvalue weighted by atomic mass is 10.1. The van der Waals surface area contributed by atoms with Crippen LogP contribution in [0.25, 0.3) is 0 Å². The quantitative estimate of drug-likeness (QED) is 0.851. The highest BCUT2D eigenvalue weighted by atomic mass is 127. The van der Waals surface area contributed by atoms with Crippen molar-refractivity contribution in [1.29, 1.82) is 0 Å². The number of carbonyl (C=O) groups is 1. The van der Waals surface area contributed by atoms with Gasteiger partial charge in [-0.3, -0.25) is 4.79 Å². The van der Waals surface area contributed by atoms with E-state index < -0.39 is 0 Å². The van der Waals surface area contributed by atoms with E-state index in [2.05, 4.69) is 13.8 Å². The minimum absolute atomic E-state index is 0.0205. The topological polar surface area (TPSA) is 40.5 Å². The molecule has 17 heavy (non-hydrogen) atoms. The molecule has 0 spiro atoms. The van der Waals surface area contributed by atoms with Crippen molar-refractivity contribution in [2.75, 3.05) is 13.1 Å². The van der Waals surface area contributed by atoms with E-state index in [0.29, 0.717) is 18.0 Å². The molecule has 0 unspecified atom stereocenters. The average molecular weight is 347 g/mol. The molecule has 0 heterocycles. The Labute approximate surface area is 116 Å². The van der Waals surface area contributed by atoms with Crippen LogP contribution in [-0.4, -0.2) is 29.0 Å². The number of nitrogens with zero attached hydrogens (tertiary/aromatic N) is 1. The smallest absolute Gasteiger partial charge is 0.253 e. The van der Waals surface area contributed by atoms with Gasteiger partial charge in [-0.05, 0) is 53.6 Å². The Morgan fingerprint density at radius 2 is 2.12 bits per heavy atom. The normalized spacial score (nSPS) is 10.6. The summed E-state index contributed by atoms with van der Waals surface area (Å²) in [4.78, 5) is 14.0. The van der Waals surface area contributed by atoms with Crippen LogP contribution < -0.4 is 0 Å². The summed E-state index contributed by atoms with van der Waals surface area (Å²) in [6.07, 6.45) is 0. The van der Waals surface area contributed by atoms with Crippen molar-refractivity contribution >= 4 is 28.5 Å². The molecule has 94 valence electrons. The van der Waals surface area contributed by atoms with Gasteiger partial charge < -0.3 is 10.0 Å². The molecule has 0 aliphatic carbocycles. The number of phenolic OH excluding ortho intramolecular Hbond substituents is 1. The van der Waals surface area contributed by atoms with Gasteiger partial charge in [0.1, 0.15) is 5.75 Å². The van der Waals surface area contributed by atoms with Crippen molar-refractivity contribution in [3.8, 4) is 5.75 Å². The summed E-state index contributed by atoms with van der Waals surface area (Å²) in [5.41, 5.74) is 0.547. The van der Waals surface area contributed by atoms with E-state index in [1.54, 1.807) is 17.0 Å². The van der Waals surface area contributed by atoms with E-state index in [9.17, 15) is 9.90 Å². The number of phenols is 1. The number of hydrogen-bond acceptors (Lipinski definition) is 2. The SMILES string of the molecule is CCN(CC(C)C)C(=O)c1ccc(I)c(O)c1. The molecule has 0 aliphatic rings. The highest BCUT2D eigenvalue weighted by Gasteiger charge is 2.16. The Balaban J connectivity index is 2.90. The highest BCUT2D eigenvalue weighted by Crippen LogP contribution is 2.21. The van der Waals surface area contributed by atoms with Gasteiger partial charge in [0, 0.05) is 18.7 Å². The molecule has 1 N–H and O–H groups in total. The van der Waals surface area contributed by atoms with Gasteiger partial charge in [-0.2, -0.15) is 0 Å². The van der Waals surface area contributed by atoms with Crippen LogP contribution in [0.1, 0.15) is 31.1 Å². The number of benzene rings is 1. The molecule has 1 rings (SSSR count). The summed E-state index contributed by atoms with van der Waals surface area (Å²) in [7, 11) is 0. The van der Waals surface area contributed by atoms with E-state index in [1.165, 1.54) is 6.07 Å². The second-order valence-electron chi connectivity index (χ2n) is 4.40. The van der Waals surface area contributed by atoms with Crippen LogP contribution in [0.4, 0.5) is 0 Å². The van der Waals surface area contributed by atoms with E-state index in [1.807, 2.05) is 29.5 Å². The first-order chi connectivity index (χ1) is 7.95. The number of halogens is 1. The first-order valence-electron chi connectivity index (χ1n) is 5.73. The predicted molar refractivity (Wildman–Crippen MR) is 77.2 cm³/mol. The largest absolute Gasteiger partial charge is 0.507 e. The zero-order valence-electron chi connectivity index (χ0n) is 10.4. The predicted octanol–water partition coefficient (Wildman–Crippen LogP) is 3.11. The van der Waals surface area contributed by atoms with Crippen LogP contribution in [0.5, 0.6) is 5.75 Å². The van der Waals surface area contributed by atoms with E-state index in [0.717, 1.165) is 10.1 Å². The molecular formula is C13H18INO2. The minimum Gasteiger partial charge on any atom is -0.507 e. The molecule has 0 fully saturated rings. The number of rotatable bonds is 4. The van der Waals surface area contributed by atoms with E-state index in [-0.39, 0.29) is 11.7 Å². The summed E-state index contributed by atoms with van der Waals surface area (Å²) >= 11 is 2.04. The van der Waals surface area contributed by atoms with Gasteiger partial charge in [0.15, 0.2) is 0 Å². The summed E-state index contributed by atoms with van der Waals surface area (Å²) in [6, 6.07) is 5.05.